The van der Waals surface area contributed by atoms with E-state index in [-0.39, 0.29) is 75.5 Å². The summed E-state index contributed by atoms with van der Waals surface area (Å²) in [5, 5.41) is 288. The zero-order valence-electron chi connectivity index (χ0n) is 85.7. The van der Waals surface area contributed by atoms with Crippen LogP contribution >= 0.6 is 0 Å². The van der Waals surface area contributed by atoms with Crippen molar-refractivity contribution in [2.24, 2.45) is 64.5 Å². The lowest BCUT2D eigenvalue weighted by Crippen LogP contribution is -2.68. The molecule has 0 aromatic heterocycles. The highest BCUT2D eigenvalue weighted by Crippen LogP contribution is 2.45. The summed E-state index contributed by atoms with van der Waals surface area (Å²) in [4.78, 5) is 14.2. The molecule has 0 aromatic rings. The Kier molecular flexibility index (Phi) is 48.7. The smallest absolute Gasteiger partial charge is 0.311 e. The average Bonchev–Trinajstić information content (AvgIpc) is 0.759. The third-order valence-corrected chi connectivity index (χ3v) is 31.3. The minimum Gasteiger partial charge on any atom is -0.461 e. The Morgan fingerprint density at radius 2 is 0.986 bits per heavy atom. The number of aliphatic hydroxyl groups is 25. The average molecular weight is 2080 g/mol. The Hall–Kier alpha value is -3.03. The van der Waals surface area contributed by atoms with Crippen LogP contribution in [0.15, 0.2) is 36.5 Å². The minimum absolute atomic E-state index is 0.0756. The maximum atomic E-state index is 14.2. The van der Waals surface area contributed by atoms with Gasteiger partial charge in [0.25, 0.3) is 0 Å². The highest BCUT2D eigenvalue weighted by molar-refractivity contribution is 5.73. The number of carbonyl (C=O) groups excluding carboxylic acids is 1. The first-order valence-corrected chi connectivity index (χ1v) is 51.8. The van der Waals surface area contributed by atoms with E-state index in [2.05, 4.69) is 0 Å². The quantitative estimate of drug-likeness (QED) is 0.0185. The highest BCUT2D eigenvalue weighted by Gasteiger charge is 2.60. The van der Waals surface area contributed by atoms with Gasteiger partial charge in [-0.05, 0) is 131 Å². The van der Waals surface area contributed by atoms with Gasteiger partial charge in [-0.3, -0.25) is 4.79 Å². The van der Waals surface area contributed by atoms with Gasteiger partial charge in [0.15, 0.2) is 49.8 Å². The normalized spacial score (nSPS) is 47.7. The number of carbonyl (C=O) groups is 1. The van der Waals surface area contributed by atoms with Gasteiger partial charge in [0, 0.05) is 86.2 Å². The fraction of sp³-hybridized carbons (Fsp3) is 0.929. The molecule has 0 spiro atoms. The van der Waals surface area contributed by atoms with Gasteiger partial charge in [0.2, 0.25) is 0 Å². The van der Waals surface area contributed by atoms with Crippen molar-refractivity contribution in [2.45, 2.75) is 519 Å². The van der Waals surface area contributed by atoms with E-state index in [9.17, 15) is 132 Å². The van der Waals surface area contributed by atoms with Crippen LogP contribution < -0.4 is 17.2 Å². The molecule has 2 bridgehead atoms. The van der Waals surface area contributed by atoms with Gasteiger partial charge in [0.1, 0.15) is 97.7 Å². The fourth-order valence-corrected chi connectivity index (χ4v) is 20.6. The van der Waals surface area contributed by atoms with Crippen LogP contribution in [0.1, 0.15) is 219 Å². The molecule has 8 saturated heterocycles. The SMILES string of the molecule is CC1C=CC=CC(O)C(C)C(O)CC(O)CC(OC2OC(CO)C(O)C(O)C2O)C(C)C2CC(O)C(O)C(O)(CC(OC3OC(C)C(OC4OC(C)C(O)C(OC5CC(N)C(O)C(C)O5)C4O)C(OC4CC(N)C(O)C(C)O4)C3OC3OC(CO)C(O)C(O)C3O)C(C)CCC(O)CC(O)CC=CC(O)C(C)C(=O)OC1CC(O)CCCCC(C)C(O)C(C)CCC(O)C(C)C(C)OC1CC(C)(N)C(O)C(C)O1)O2. The van der Waals surface area contributed by atoms with Gasteiger partial charge in [-0.15, -0.1) is 0 Å². The van der Waals surface area contributed by atoms with E-state index < -0.39 is 374 Å². The van der Waals surface area contributed by atoms with Crippen molar-refractivity contribution in [1.82, 2.24) is 0 Å². The van der Waals surface area contributed by atoms with Crippen molar-refractivity contribution >= 4 is 5.97 Å². The Labute approximate surface area is 843 Å². The predicted molar refractivity (Wildman–Crippen MR) is 507 cm³/mol. The van der Waals surface area contributed by atoms with Crippen LogP contribution in [-0.4, -0.2) is 446 Å². The molecule has 0 aromatic carbocycles. The fourth-order valence-electron chi connectivity index (χ4n) is 20.6. The van der Waals surface area contributed by atoms with Crippen LogP contribution in [0.25, 0.3) is 0 Å². The number of ether oxygens (including phenoxy) is 16. The third-order valence-electron chi connectivity index (χ3n) is 31.3. The molecule has 0 saturated carbocycles. The molecule has 840 valence electrons. The summed E-state index contributed by atoms with van der Waals surface area (Å²) in [5.41, 5.74) is 18.2. The molecule has 9 aliphatic rings. The van der Waals surface area contributed by atoms with E-state index in [0.29, 0.717) is 32.1 Å². The van der Waals surface area contributed by atoms with Gasteiger partial charge < -0.3 is 221 Å². The number of aliphatic hydroxyl groups excluding tert-OH is 24. The number of unbranched alkanes of at least 4 members (excludes halogenated alkanes) is 1. The van der Waals surface area contributed by atoms with E-state index in [0.717, 1.165) is 0 Å². The van der Waals surface area contributed by atoms with Crippen molar-refractivity contribution < 1.29 is 208 Å². The van der Waals surface area contributed by atoms with Gasteiger partial charge >= 0.3 is 5.97 Å². The first-order valence-electron chi connectivity index (χ1n) is 51.8. The second-order valence-electron chi connectivity index (χ2n) is 43.3. The molecule has 45 heteroatoms. The lowest BCUT2D eigenvalue weighted by molar-refractivity contribution is -0.408. The number of nitrogens with two attached hydrogens (primary N) is 3. The van der Waals surface area contributed by atoms with Crippen molar-refractivity contribution in [3.63, 3.8) is 0 Å². The molecule has 57 unspecified atom stereocenters. The van der Waals surface area contributed by atoms with Crippen molar-refractivity contribution in [2.75, 3.05) is 13.2 Å². The molecule has 31 N–H and O–H groups in total. The number of hydrogen-bond donors (Lipinski definition) is 28. The van der Waals surface area contributed by atoms with Crippen molar-refractivity contribution in [3.05, 3.63) is 36.5 Å². The molecule has 0 aliphatic carbocycles. The molecule has 9 aliphatic heterocycles. The first-order chi connectivity index (χ1) is 67.5. The van der Waals surface area contributed by atoms with E-state index >= 15 is 0 Å². The number of fused-ring (bicyclic) bond motifs is 2. The molecule has 45 nitrogen and oxygen atoms in total. The second kappa shape index (κ2) is 56.4. The van der Waals surface area contributed by atoms with Crippen LogP contribution in [-0.2, 0) is 80.6 Å². The summed E-state index contributed by atoms with van der Waals surface area (Å²) in [7, 11) is 0. The largest absolute Gasteiger partial charge is 0.461 e. The summed E-state index contributed by atoms with van der Waals surface area (Å²) in [6.45, 7) is 22.7. The van der Waals surface area contributed by atoms with Crippen LogP contribution in [0.5, 0.6) is 0 Å². The third kappa shape index (κ3) is 33.3. The lowest BCUT2D eigenvalue weighted by Gasteiger charge is -2.52. The van der Waals surface area contributed by atoms with E-state index in [1.165, 1.54) is 65.8 Å². The Morgan fingerprint density at radius 1 is 0.451 bits per heavy atom. The van der Waals surface area contributed by atoms with Crippen LogP contribution in [0.4, 0.5) is 0 Å². The number of allylic oxidation sites excluding steroid dienone is 2. The van der Waals surface area contributed by atoms with Crippen molar-refractivity contribution in [3.8, 4) is 0 Å². The number of esters is 1. The van der Waals surface area contributed by atoms with Crippen molar-refractivity contribution in [1.29, 1.82) is 0 Å². The van der Waals surface area contributed by atoms with Gasteiger partial charge in [-0.2, -0.15) is 0 Å². The standard InChI is InChI=1S/C99H177N3O42/c1-42-21-17-19-25-62(109)47(6)65(112)32-59(108)34-68(136-94-84(122)82(120)80(118)71(40-103)138-94)49(8)69-37-66(113)92(126)99(128,144-69)38-70(43(2)27-29-58(107)31-56(105)24-20-26-63(110)48(7)93(127)135-67(42)33-57(106)23-18-16-22-44(3)76(114)45(4)28-30-64(111)46(5)50(9)129-75-39-98(15,102)91(125)55(14)132-75)137-97-90(143-95-85(123)83(121)81(119)72(41-104)139-95)89(141-74-36-61(101)78(116)52(11)131-74)87(54(13)134-97)142-96-86(124)88(79(117)53(12)133-96)140-73-35-60(100)77(115)51(10)130-73/h17,19-21,25-26,42-92,94-97,103-126,128H,16,18,22-24,27-41,100-102H2,1-15H3. The minimum atomic E-state index is -3.01. The van der Waals surface area contributed by atoms with Crippen LogP contribution in [0, 0.1) is 47.3 Å². The Bertz CT molecular complexity index is 3780. The van der Waals surface area contributed by atoms with Crippen LogP contribution in [0.3, 0.4) is 0 Å². The molecule has 8 fully saturated rings. The second-order valence-corrected chi connectivity index (χ2v) is 43.3. The lowest BCUT2D eigenvalue weighted by atomic mass is 9.82. The van der Waals surface area contributed by atoms with E-state index in [1.54, 1.807) is 46.8 Å². The number of cyclic esters (lactones) is 1. The maximum Gasteiger partial charge on any atom is 0.311 e. The molecular formula is C99H177N3O42. The van der Waals surface area contributed by atoms with E-state index in [1.807, 2.05) is 27.7 Å². The summed E-state index contributed by atoms with van der Waals surface area (Å²) in [6, 6.07) is -1.91. The predicted octanol–water partition coefficient (Wildman–Crippen LogP) is -4.04. The zero-order valence-corrected chi connectivity index (χ0v) is 85.7. The maximum absolute atomic E-state index is 14.2. The topological polar surface area (TPSA) is 749 Å². The van der Waals surface area contributed by atoms with Gasteiger partial charge in [0.05, 0.1) is 153 Å². The molecule has 0 amide bonds. The number of hydrogen-bond acceptors (Lipinski definition) is 45. The molecule has 9 heterocycles. The van der Waals surface area contributed by atoms with Gasteiger partial charge in [-0.25, -0.2) is 0 Å². The molecule has 57 atom stereocenters. The van der Waals surface area contributed by atoms with Crippen LogP contribution in [0.2, 0.25) is 0 Å². The van der Waals surface area contributed by atoms with E-state index in [4.69, 9.17) is 93.0 Å². The number of rotatable bonds is 30. The molecule has 0 radical (unpaired) electrons. The Morgan fingerprint density at radius 3 is 1.58 bits per heavy atom. The first kappa shape index (κ1) is 124. The Balaban J connectivity index is 1.00. The summed E-state index contributed by atoms with van der Waals surface area (Å²) >= 11 is 0. The highest BCUT2D eigenvalue weighted by atomic mass is 16.8. The molecule has 9 rings (SSSR count). The molecule has 144 heavy (non-hydrogen) atoms. The van der Waals surface area contributed by atoms with Gasteiger partial charge in [-0.1, -0.05) is 97.8 Å². The summed E-state index contributed by atoms with van der Waals surface area (Å²) < 4.78 is 102. The summed E-state index contributed by atoms with van der Waals surface area (Å²) in [6.07, 6.45) is -59.3. The molecular weight excluding hydrogens is 1900 g/mol. The zero-order chi connectivity index (χ0) is 107. The summed E-state index contributed by atoms with van der Waals surface area (Å²) in [5.74, 6) is -9.80. The monoisotopic (exact) mass is 2080 g/mol.